The van der Waals surface area contributed by atoms with Gasteiger partial charge in [-0.15, -0.1) is 0 Å². The zero-order valence-electron chi connectivity index (χ0n) is 5.74. The maximum atomic E-state index is 10.5. The van der Waals surface area contributed by atoms with Crippen LogP contribution in [0.5, 0.6) is 0 Å². The lowest BCUT2D eigenvalue weighted by atomic mass is 10.4. The monoisotopic (exact) mass is 165 g/mol. The minimum atomic E-state index is -2.17. The van der Waals surface area contributed by atoms with Gasteiger partial charge in [-0.25, -0.2) is 9.32 Å². The number of carbonyl (C=O) groups excluding carboxylic acids is 1. The van der Waals surface area contributed by atoms with E-state index in [-0.39, 0.29) is 6.42 Å². The molecule has 0 bridgehead atoms. The van der Waals surface area contributed by atoms with E-state index < -0.39 is 20.3 Å². The first-order valence-corrected chi connectivity index (χ1v) is 4.33. The van der Waals surface area contributed by atoms with Crippen molar-refractivity contribution in [1.29, 1.82) is 0 Å². The first kappa shape index (κ1) is 9.53. The van der Waals surface area contributed by atoms with Gasteiger partial charge in [0, 0.05) is 0 Å². The van der Waals surface area contributed by atoms with Crippen LogP contribution in [0.15, 0.2) is 0 Å². The first-order valence-electron chi connectivity index (χ1n) is 2.97. The highest BCUT2D eigenvalue weighted by Gasteiger charge is 2.20. The second-order valence-electron chi connectivity index (χ2n) is 1.69. The fourth-order valence-electron chi connectivity index (χ4n) is 0.392. The summed E-state index contributed by atoms with van der Waals surface area (Å²) < 4.78 is 14.6. The van der Waals surface area contributed by atoms with Crippen molar-refractivity contribution in [2.75, 3.05) is 6.35 Å². The molecule has 58 valence electrons. The van der Waals surface area contributed by atoms with E-state index in [1.807, 2.05) is 6.92 Å². The highest BCUT2D eigenvalue weighted by atomic mass is 31.1. The molecule has 0 heterocycles. The minimum Gasteiger partial charge on any atom is -0.350 e. The molecule has 0 rings (SSSR count). The van der Waals surface area contributed by atoms with Crippen LogP contribution in [0, 0.1) is 0 Å². The zero-order chi connectivity index (χ0) is 7.98. The molecule has 4 nitrogen and oxygen atoms in total. The summed E-state index contributed by atoms with van der Waals surface area (Å²) in [4.78, 5) is 10.5. The van der Waals surface area contributed by atoms with Crippen LogP contribution in [0.4, 0.5) is 0 Å². The maximum absolute atomic E-state index is 10.5. The van der Waals surface area contributed by atoms with Gasteiger partial charge in [0.25, 0.3) is 6.35 Å². The average molecular weight is 165 g/mol. The van der Waals surface area contributed by atoms with E-state index in [0.717, 1.165) is 0 Å². The second kappa shape index (κ2) is 5.33. The van der Waals surface area contributed by atoms with Crippen LogP contribution in [-0.2, 0) is 13.9 Å². The summed E-state index contributed by atoms with van der Waals surface area (Å²) >= 11 is 0. The summed E-state index contributed by atoms with van der Waals surface area (Å²) in [5.74, 6) is -0.516. The fourth-order valence-corrected chi connectivity index (χ4v) is 0.768. The van der Waals surface area contributed by atoms with E-state index in [9.17, 15) is 9.36 Å². The van der Waals surface area contributed by atoms with Crippen molar-refractivity contribution in [2.45, 2.75) is 19.8 Å². The lowest BCUT2D eigenvalue weighted by Gasteiger charge is -1.86. The molecule has 0 amide bonds. The van der Waals surface area contributed by atoms with Crippen molar-refractivity contribution < 1.29 is 19.0 Å². The summed E-state index contributed by atoms with van der Waals surface area (Å²) in [6, 6.07) is 0. The molecule has 0 aliphatic carbocycles. The van der Waals surface area contributed by atoms with Crippen molar-refractivity contribution in [3.63, 3.8) is 0 Å². The Bertz CT molecular complexity index is 134. The van der Waals surface area contributed by atoms with Crippen molar-refractivity contribution in [2.24, 2.45) is 0 Å². The van der Waals surface area contributed by atoms with Crippen LogP contribution in [0.1, 0.15) is 19.8 Å². The van der Waals surface area contributed by atoms with Crippen LogP contribution >= 0.6 is 8.03 Å². The number of rotatable bonds is 4. The van der Waals surface area contributed by atoms with Crippen LogP contribution in [0.25, 0.3) is 0 Å². The highest BCUT2D eigenvalue weighted by molar-refractivity contribution is 7.39. The summed E-state index contributed by atoms with van der Waals surface area (Å²) in [5.41, 5.74) is 0. The van der Waals surface area contributed by atoms with Gasteiger partial charge in [0.1, 0.15) is 0 Å². The highest BCUT2D eigenvalue weighted by Crippen LogP contribution is 2.20. The van der Waals surface area contributed by atoms with Gasteiger partial charge in [0.2, 0.25) is 0 Å². The molecule has 0 spiro atoms. The molecule has 0 saturated heterocycles. The lowest BCUT2D eigenvalue weighted by molar-refractivity contribution is -0.133. The third-order valence-electron chi connectivity index (χ3n) is 0.773. The Hall–Kier alpha value is -0.470. The smallest absolute Gasteiger partial charge is 0.350 e. The van der Waals surface area contributed by atoms with E-state index in [1.165, 1.54) is 0 Å². The zero-order valence-corrected chi connectivity index (χ0v) is 6.63. The van der Waals surface area contributed by atoms with Crippen molar-refractivity contribution in [3.05, 3.63) is 0 Å². The molecule has 0 saturated carbocycles. The van der Waals surface area contributed by atoms with E-state index in [2.05, 4.69) is 4.52 Å². The van der Waals surface area contributed by atoms with E-state index in [0.29, 0.717) is 6.42 Å². The topological polar surface area (TPSA) is 63.6 Å². The Morgan fingerprint density at radius 3 is 2.70 bits per heavy atom. The molecule has 0 aromatic rings. The first-order chi connectivity index (χ1) is 4.70. The molecule has 0 aliphatic rings. The van der Waals surface area contributed by atoms with Gasteiger partial charge < -0.3 is 5.11 Å². The van der Waals surface area contributed by atoms with Gasteiger partial charge >= 0.3 is 14.0 Å². The Kier molecular flexibility index (Phi) is 5.08. The molecule has 10 heavy (non-hydrogen) atoms. The molecule has 5 heteroatoms. The third-order valence-corrected chi connectivity index (χ3v) is 1.41. The third kappa shape index (κ3) is 4.41. The number of aliphatic hydroxyl groups is 1. The van der Waals surface area contributed by atoms with Crippen LogP contribution in [-0.4, -0.2) is 17.4 Å². The van der Waals surface area contributed by atoms with Crippen molar-refractivity contribution in [3.8, 4) is 0 Å². The Labute approximate surface area is 60.1 Å². The van der Waals surface area contributed by atoms with Gasteiger partial charge in [-0.2, -0.15) is 0 Å². The van der Waals surface area contributed by atoms with Crippen molar-refractivity contribution in [1.82, 2.24) is 0 Å². The van der Waals surface area contributed by atoms with Gasteiger partial charge in [0.05, 0.1) is 6.42 Å². The maximum Gasteiger partial charge on any atom is 0.587 e. The van der Waals surface area contributed by atoms with Gasteiger partial charge in [0.15, 0.2) is 0 Å². The minimum absolute atomic E-state index is 0.251. The van der Waals surface area contributed by atoms with E-state index in [1.54, 1.807) is 0 Å². The van der Waals surface area contributed by atoms with Gasteiger partial charge in [-0.3, -0.25) is 0 Å². The van der Waals surface area contributed by atoms with Crippen LogP contribution in [0.2, 0.25) is 0 Å². The molecule has 1 unspecified atom stereocenters. The molecule has 0 aromatic carbocycles. The van der Waals surface area contributed by atoms with Crippen LogP contribution < -0.4 is 0 Å². The summed E-state index contributed by atoms with van der Waals surface area (Å²) in [7, 11) is -2.17. The Morgan fingerprint density at radius 2 is 2.30 bits per heavy atom. The normalized spacial score (nSPS) is 10.8. The molecular formula is C5H10O4P+. The molecule has 0 aliphatic heterocycles. The van der Waals surface area contributed by atoms with Gasteiger partial charge in [-0.05, 0) is 11.0 Å². The lowest BCUT2D eigenvalue weighted by Crippen LogP contribution is -1.97. The molecular weight excluding hydrogens is 155 g/mol. The Balaban J connectivity index is 3.47. The van der Waals surface area contributed by atoms with Crippen molar-refractivity contribution >= 4 is 14.0 Å². The summed E-state index contributed by atoms with van der Waals surface area (Å²) in [5, 5.41) is 8.19. The Morgan fingerprint density at radius 1 is 1.70 bits per heavy atom. The molecule has 0 radical (unpaired) electrons. The predicted octanol–water partition coefficient (Wildman–Crippen LogP) is 1.02. The predicted molar refractivity (Wildman–Crippen MR) is 35.7 cm³/mol. The number of aliphatic hydroxyl groups excluding tert-OH is 1. The fraction of sp³-hybridized carbons (Fsp3) is 0.800. The van der Waals surface area contributed by atoms with E-state index in [4.69, 9.17) is 5.11 Å². The van der Waals surface area contributed by atoms with Gasteiger partial charge in [-0.1, -0.05) is 6.92 Å². The number of carbonyl (C=O) groups is 1. The second-order valence-corrected chi connectivity index (χ2v) is 2.82. The standard InChI is InChI=1S/C5H10O4P/c1-2-3-5(7)9-10(8)4-6/h6H,2-4H2,1H3/q+1. The molecule has 0 aromatic heterocycles. The molecule has 0 fully saturated rings. The number of hydrogen-bond donors (Lipinski definition) is 1. The summed E-state index contributed by atoms with van der Waals surface area (Å²) in [6.45, 7) is 1.81. The number of hydrogen-bond acceptors (Lipinski definition) is 4. The SMILES string of the molecule is CCCC(=O)O[P+](=O)CO. The molecule has 1 atom stereocenters. The average Bonchev–Trinajstić information content (AvgIpc) is 1.88. The molecule has 1 N–H and O–H groups in total. The quantitative estimate of drug-likeness (QED) is 0.631. The van der Waals surface area contributed by atoms with E-state index >= 15 is 0 Å². The van der Waals surface area contributed by atoms with Crippen LogP contribution in [0.3, 0.4) is 0 Å². The summed E-state index contributed by atoms with van der Waals surface area (Å²) in [6.07, 6.45) is 0.319. The largest absolute Gasteiger partial charge is 0.587 e.